The van der Waals surface area contributed by atoms with Gasteiger partial charge in [0.1, 0.15) is 5.76 Å². The molecule has 0 radical (unpaired) electrons. The number of hydrogen-bond acceptors (Lipinski definition) is 5. The highest BCUT2D eigenvalue weighted by molar-refractivity contribution is 14.0. The van der Waals surface area contributed by atoms with Crippen LogP contribution < -0.4 is 10.6 Å². The average Bonchev–Trinajstić information content (AvgIpc) is 3.53. The number of nitrogens with one attached hydrogen (secondary N) is 2. The van der Waals surface area contributed by atoms with E-state index in [0.717, 1.165) is 37.9 Å². The molecule has 0 aromatic carbocycles. The summed E-state index contributed by atoms with van der Waals surface area (Å²) < 4.78 is 5.78. The number of nitrogens with zero attached hydrogens (tertiary/aromatic N) is 4. The van der Waals surface area contributed by atoms with Crippen molar-refractivity contribution < 1.29 is 4.42 Å². The molecular weight excluding hydrogens is 515 g/mol. The van der Waals surface area contributed by atoms with E-state index < -0.39 is 0 Å². The lowest BCUT2D eigenvalue weighted by atomic mass is 9.84. The van der Waals surface area contributed by atoms with Gasteiger partial charge in [0.15, 0.2) is 5.96 Å². The van der Waals surface area contributed by atoms with Crippen LogP contribution in [-0.2, 0) is 0 Å². The van der Waals surface area contributed by atoms with Crippen molar-refractivity contribution in [3.05, 3.63) is 24.2 Å². The van der Waals surface area contributed by atoms with Crippen molar-refractivity contribution in [2.45, 2.75) is 56.5 Å². The van der Waals surface area contributed by atoms with Gasteiger partial charge in [0.05, 0.1) is 12.3 Å². The summed E-state index contributed by atoms with van der Waals surface area (Å²) in [6.07, 6.45) is 10.9. The van der Waals surface area contributed by atoms with Crippen LogP contribution in [0.2, 0.25) is 0 Å². The molecule has 1 atom stereocenters. The number of guanidine groups is 1. The monoisotopic (exact) mass is 558 g/mol. The molecule has 0 saturated carbocycles. The van der Waals surface area contributed by atoms with Gasteiger partial charge in [0, 0.05) is 25.7 Å². The van der Waals surface area contributed by atoms with Crippen molar-refractivity contribution in [2.75, 3.05) is 66.5 Å². The number of hydrogen-bond donors (Lipinski definition) is 2. The average molecular weight is 559 g/mol. The molecular formula is C24H43IN6O. The van der Waals surface area contributed by atoms with E-state index in [1.54, 1.807) is 6.26 Å². The summed E-state index contributed by atoms with van der Waals surface area (Å²) >= 11 is 0. The molecule has 7 nitrogen and oxygen atoms in total. The second kappa shape index (κ2) is 12.6. The molecule has 0 aliphatic carbocycles. The Morgan fingerprint density at radius 2 is 1.72 bits per heavy atom. The number of likely N-dealkylation sites (tertiary alicyclic amines) is 3. The summed E-state index contributed by atoms with van der Waals surface area (Å²) in [5, 5.41) is 7.32. The van der Waals surface area contributed by atoms with Crippen molar-refractivity contribution in [1.82, 2.24) is 25.3 Å². The third-order valence-corrected chi connectivity index (χ3v) is 7.67. The SMILES string of the molecule is CN=C(NCC(c1ccco1)N1CCCC1)NCC1(N2CCCCC2)CCN(C)CC1.I. The Morgan fingerprint density at radius 1 is 1.03 bits per heavy atom. The minimum absolute atomic E-state index is 0. The van der Waals surface area contributed by atoms with Crippen LogP contribution in [0.1, 0.15) is 56.7 Å². The van der Waals surface area contributed by atoms with Crippen molar-refractivity contribution in [2.24, 2.45) is 4.99 Å². The maximum atomic E-state index is 5.78. The molecule has 1 unspecified atom stereocenters. The molecule has 4 rings (SSSR count). The molecule has 2 N–H and O–H groups in total. The van der Waals surface area contributed by atoms with Crippen LogP contribution in [0.4, 0.5) is 0 Å². The normalized spacial score (nSPS) is 24.1. The van der Waals surface area contributed by atoms with Gasteiger partial charge in [-0.3, -0.25) is 14.8 Å². The zero-order chi connectivity index (χ0) is 21.5. The molecule has 0 bridgehead atoms. The van der Waals surface area contributed by atoms with Gasteiger partial charge < -0.3 is 20.0 Å². The Hall–Kier alpha value is -0.840. The fourth-order valence-corrected chi connectivity index (χ4v) is 5.61. The lowest BCUT2D eigenvalue weighted by Gasteiger charge is -2.50. The molecule has 0 spiro atoms. The van der Waals surface area contributed by atoms with Crippen LogP contribution >= 0.6 is 24.0 Å². The van der Waals surface area contributed by atoms with Crippen LogP contribution in [0.15, 0.2) is 27.8 Å². The molecule has 1 aromatic rings. The molecule has 3 aliphatic heterocycles. The van der Waals surface area contributed by atoms with Gasteiger partial charge >= 0.3 is 0 Å². The highest BCUT2D eigenvalue weighted by Crippen LogP contribution is 2.31. The molecule has 3 fully saturated rings. The number of piperidine rings is 2. The minimum atomic E-state index is 0. The smallest absolute Gasteiger partial charge is 0.191 e. The van der Waals surface area contributed by atoms with Gasteiger partial charge in [0.2, 0.25) is 0 Å². The third kappa shape index (κ3) is 6.39. The maximum Gasteiger partial charge on any atom is 0.191 e. The summed E-state index contributed by atoms with van der Waals surface area (Å²) in [7, 11) is 4.14. The first kappa shape index (κ1) is 25.8. The maximum absolute atomic E-state index is 5.78. The van der Waals surface area contributed by atoms with Gasteiger partial charge in [-0.1, -0.05) is 6.42 Å². The lowest BCUT2D eigenvalue weighted by molar-refractivity contribution is 0.0173. The molecule has 3 saturated heterocycles. The van der Waals surface area contributed by atoms with Crippen LogP contribution in [0.5, 0.6) is 0 Å². The topological polar surface area (TPSA) is 59.3 Å². The van der Waals surface area contributed by atoms with Gasteiger partial charge in [-0.2, -0.15) is 0 Å². The van der Waals surface area contributed by atoms with Crippen LogP contribution in [0, 0.1) is 0 Å². The van der Waals surface area contributed by atoms with E-state index in [0.29, 0.717) is 0 Å². The van der Waals surface area contributed by atoms with Gasteiger partial charge in [-0.25, -0.2) is 0 Å². The summed E-state index contributed by atoms with van der Waals surface area (Å²) in [6, 6.07) is 4.36. The van der Waals surface area contributed by atoms with Gasteiger partial charge in [-0.05, 0) is 97.0 Å². The summed E-state index contributed by atoms with van der Waals surface area (Å²) in [4.78, 5) is 12.3. The number of aliphatic imine (C=N–C) groups is 1. The van der Waals surface area contributed by atoms with E-state index >= 15 is 0 Å². The lowest BCUT2D eigenvalue weighted by Crippen LogP contribution is -2.62. The van der Waals surface area contributed by atoms with Gasteiger partial charge in [-0.15, -0.1) is 24.0 Å². The van der Waals surface area contributed by atoms with E-state index in [4.69, 9.17) is 4.42 Å². The number of rotatable bonds is 7. The predicted molar refractivity (Wildman–Crippen MR) is 142 cm³/mol. The molecule has 8 heteroatoms. The first-order valence-corrected chi connectivity index (χ1v) is 12.4. The van der Waals surface area contributed by atoms with E-state index in [1.165, 1.54) is 71.1 Å². The minimum Gasteiger partial charge on any atom is -0.468 e. The molecule has 32 heavy (non-hydrogen) atoms. The number of halogens is 1. The van der Waals surface area contributed by atoms with Crippen LogP contribution in [0.3, 0.4) is 0 Å². The Morgan fingerprint density at radius 3 is 2.34 bits per heavy atom. The fraction of sp³-hybridized carbons (Fsp3) is 0.792. The highest BCUT2D eigenvalue weighted by Gasteiger charge is 2.39. The summed E-state index contributed by atoms with van der Waals surface area (Å²) in [5.41, 5.74) is 0.250. The number of furan rings is 1. The highest BCUT2D eigenvalue weighted by atomic mass is 127. The Labute approximate surface area is 211 Å². The van der Waals surface area contributed by atoms with E-state index in [1.807, 2.05) is 13.1 Å². The van der Waals surface area contributed by atoms with Crippen molar-refractivity contribution in [3.8, 4) is 0 Å². The molecule has 0 amide bonds. The van der Waals surface area contributed by atoms with Crippen molar-refractivity contribution in [1.29, 1.82) is 0 Å². The van der Waals surface area contributed by atoms with Crippen LogP contribution in [0.25, 0.3) is 0 Å². The third-order valence-electron chi connectivity index (χ3n) is 7.67. The van der Waals surface area contributed by atoms with E-state index in [9.17, 15) is 0 Å². The van der Waals surface area contributed by atoms with E-state index in [-0.39, 0.29) is 35.6 Å². The van der Waals surface area contributed by atoms with Crippen LogP contribution in [-0.4, -0.2) is 92.7 Å². The molecule has 182 valence electrons. The Balaban J connectivity index is 0.00000289. The van der Waals surface area contributed by atoms with E-state index in [2.05, 4.69) is 43.4 Å². The standard InChI is InChI=1S/C24H42N6O.HI/c1-25-23(26-19-21(22-9-8-18-31-22)29-12-6-7-13-29)27-20-24(10-16-28(2)17-11-24)30-14-4-3-5-15-30;/h8-9,18,21H,3-7,10-17,19-20H2,1-2H3,(H2,25,26,27);1H. The summed E-state index contributed by atoms with van der Waals surface area (Å²) in [6.45, 7) is 8.91. The molecule has 1 aromatic heterocycles. The summed E-state index contributed by atoms with van der Waals surface area (Å²) in [5.74, 6) is 1.95. The van der Waals surface area contributed by atoms with Gasteiger partial charge in [0.25, 0.3) is 0 Å². The zero-order valence-electron chi connectivity index (χ0n) is 20.0. The second-order valence-corrected chi connectivity index (χ2v) is 9.66. The Kier molecular flexibility index (Phi) is 10.1. The second-order valence-electron chi connectivity index (χ2n) is 9.66. The predicted octanol–water partition coefficient (Wildman–Crippen LogP) is 3.15. The Bertz CT molecular complexity index is 677. The quantitative estimate of drug-likeness (QED) is 0.305. The zero-order valence-corrected chi connectivity index (χ0v) is 22.4. The molecule has 4 heterocycles. The fourth-order valence-electron chi connectivity index (χ4n) is 5.61. The van der Waals surface area contributed by atoms with Crippen molar-refractivity contribution >= 4 is 29.9 Å². The first-order valence-electron chi connectivity index (χ1n) is 12.4. The van der Waals surface area contributed by atoms with Crippen molar-refractivity contribution in [3.63, 3.8) is 0 Å². The molecule has 3 aliphatic rings. The largest absolute Gasteiger partial charge is 0.468 e. The first-order chi connectivity index (χ1) is 15.2.